The molecule has 0 atom stereocenters. The van der Waals surface area contributed by atoms with E-state index in [2.05, 4.69) is 4.98 Å². The number of fused-ring (bicyclic) bond motifs is 1. The first-order valence-corrected chi connectivity index (χ1v) is 8.52. The zero-order valence-electron chi connectivity index (χ0n) is 13.6. The molecule has 2 aliphatic heterocycles. The summed E-state index contributed by atoms with van der Waals surface area (Å²) in [7, 11) is 0. The third-order valence-corrected chi connectivity index (χ3v) is 5.51. The Morgan fingerprint density at radius 1 is 1.12 bits per heavy atom. The first-order valence-electron chi connectivity index (χ1n) is 8.52. The van der Waals surface area contributed by atoms with Crippen molar-refractivity contribution in [2.24, 2.45) is 5.41 Å². The molecule has 2 aliphatic rings. The normalized spacial score (nSPS) is 20.4. The van der Waals surface area contributed by atoms with Crippen LogP contribution in [-0.2, 0) is 4.74 Å². The van der Waals surface area contributed by atoms with Gasteiger partial charge >= 0.3 is 0 Å². The van der Waals surface area contributed by atoms with Gasteiger partial charge in [-0.2, -0.15) is 0 Å². The molecule has 4 heterocycles. The standard InChI is InChI=1S/C18H21N3O3/c22-16(14-13-19-15-3-1-2-8-21(15)17(14)23)20-9-4-18(5-10-20)6-11-24-12-7-18/h1-3,8,13H,4-7,9-12H2. The molecule has 0 unspecified atom stereocenters. The second kappa shape index (κ2) is 6.02. The maximum atomic E-state index is 12.8. The largest absolute Gasteiger partial charge is 0.381 e. The Morgan fingerprint density at radius 3 is 2.62 bits per heavy atom. The van der Waals surface area contributed by atoms with Crippen LogP contribution in [0, 0.1) is 5.41 Å². The van der Waals surface area contributed by atoms with Gasteiger partial charge in [-0.25, -0.2) is 4.98 Å². The molecule has 1 amide bonds. The molecular formula is C18H21N3O3. The summed E-state index contributed by atoms with van der Waals surface area (Å²) in [5, 5.41) is 0. The van der Waals surface area contributed by atoms with Crippen molar-refractivity contribution < 1.29 is 9.53 Å². The van der Waals surface area contributed by atoms with Gasteiger partial charge in [-0.15, -0.1) is 0 Å². The fraction of sp³-hybridized carbons (Fsp3) is 0.500. The minimum absolute atomic E-state index is 0.154. The average molecular weight is 327 g/mol. The molecular weight excluding hydrogens is 306 g/mol. The van der Waals surface area contributed by atoms with Crippen LogP contribution >= 0.6 is 0 Å². The molecule has 0 radical (unpaired) electrons. The number of carbonyl (C=O) groups is 1. The monoisotopic (exact) mass is 327 g/mol. The van der Waals surface area contributed by atoms with Crippen LogP contribution in [-0.4, -0.2) is 46.5 Å². The summed E-state index contributed by atoms with van der Waals surface area (Å²) >= 11 is 0. The summed E-state index contributed by atoms with van der Waals surface area (Å²) in [5.41, 5.74) is 0.739. The lowest BCUT2D eigenvalue weighted by Crippen LogP contribution is -2.46. The number of amides is 1. The third-order valence-electron chi connectivity index (χ3n) is 5.51. The SMILES string of the molecule is O=C(c1cnc2ccccn2c1=O)N1CCC2(CCOCC2)CC1. The number of aromatic nitrogens is 2. The van der Waals surface area contributed by atoms with Crippen molar-refractivity contribution >= 4 is 11.6 Å². The molecule has 0 saturated carbocycles. The lowest BCUT2D eigenvalue weighted by molar-refractivity contribution is -0.0175. The summed E-state index contributed by atoms with van der Waals surface area (Å²) in [5.74, 6) is -0.201. The van der Waals surface area contributed by atoms with E-state index in [0.29, 0.717) is 24.2 Å². The summed E-state index contributed by atoms with van der Waals surface area (Å²) in [6.07, 6.45) is 7.20. The molecule has 0 bridgehead atoms. The third kappa shape index (κ3) is 2.60. The molecule has 2 fully saturated rings. The fourth-order valence-corrected chi connectivity index (χ4v) is 3.83. The molecule has 2 aromatic heterocycles. The van der Waals surface area contributed by atoms with E-state index in [0.717, 1.165) is 38.9 Å². The van der Waals surface area contributed by atoms with Crippen LogP contribution < -0.4 is 5.56 Å². The van der Waals surface area contributed by atoms with Crippen LogP contribution in [0.3, 0.4) is 0 Å². The summed E-state index contributed by atoms with van der Waals surface area (Å²) in [6, 6.07) is 5.34. The fourth-order valence-electron chi connectivity index (χ4n) is 3.83. The van der Waals surface area contributed by atoms with Gasteiger partial charge in [0, 0.05) is 38.7 Å². The Hall–Kier alpha value is -2.21. The topological polar surface area (TPSA) is 63.9 Å². The van der Waals surface area contributed by atoms with Gasteiger partial charge in [0.2, 0.25) is 0 Å². The molecule has 6 heteroatoms. The van der Waals surface area contributed by atoms with Crippen LogP contribution in [0.15, 0.2) is 35.4 Å². The van der Waals surface area contributed by atoms with Gasteiger partial charge in [-0.05, 0) is 43.2 Å². The lowest BCUT2D eigenvalue weighted by atomic mass is 9.72. The number of hydrogen-bond donors (Lipinski definition) is 0. The van der Waals surface area contributed by atoms with Gasteiger partial charge in [0.05, 0.1) is 0 Å². The van der Waals surface area contributed by atoms with Crippen LogP contribution in [0.1, 0.15) is 36.0 Å². The minimum Gasteiger partial charge on any atom is -0.381 e. The first kappa shape index (κ1) is 15.3. The van der Waals surface area contributed by atoms with E-state index in [4.69, 9.17) is 4.74 Å². The number of nitrogens with zero attached hydrogens (tertiary/aromatic N) is 3. The number of piperidine rings is 1. The van der Waals surface area contributed by atoms with Gasteiger partial charge in [0.1, 0.15) is 11.2 Å². The minimum atomic E-state index is -0.294. The lowest BCUT2D eigenvalue weighted by Gasteiger charge is -2.44. The number of ether oxygens (including phenoxy) is 1. The van der Waals surface area contributed by atoms with Crippen molar-refractivity contribution in [3.05, 3.63) is 46.5 Å². The highest BCUT2D eigenvalue weighted by Gasteiger charge is 2.37. The van der Waals surface area contributed by atoms with Crippen molar-refractivity contribution in [3.8, 4) is 0 Å². The van der Waals surface area contributed by atoms with Crippen molar-refractivity contribution in [1.29, 1.82) is 0 Å². The van der Waals surface area contributed by atoms with Crippen molar-refractivity contribution in [2.45, 2.75) is 25.7 Å². The van der Waals surface area contributed by atoms with Crippen molar-refractivity contribution in [2.75, 3.05) is 26.3 Å². The molecule has 2 saturated heterocycles. The number of carbonyl (C=O) groups excluding carboxylic acids is 1. The van der Waals surface area contributed by atoms with E-state index in [-0.39, 0.29) is 17.0 Å². The molecule has 24 heavy (non-hydrogen) atoms. The van der Waals surface area contributed by atoms with Crippen LogP contribution in [0.25, 0.3) is 5.65 Å². The number of likely N-dealkylation sites (tertiary alicyclic amines) is 1. The van der Waals surface area contributed by atoms with E-state index in [9.17, 15) is 9.59 Å². The predicted octanol–water partition coefficient (Wildman–Crippen LogP) is 1.73. The molecule has 126 valence electrons. The van der Waals surface area contributed by atoms with Gasteiger partial charge in [0.25, 0.3) is 11.5 Å². The zero-order chi connectivity index (χ0) is 16.6. The summed E-state index contributed by atoms with van der Waals surface area (Å²) in [6.45, 7) is 3.05. The van der Waals surface area contributed by atoms with Gasteiger partial charge in [0.15, 0.2) is 0 Å². The molecule has 0 aliphatic carbocycles. The Balaban J connectivity index is 1.55. The van der Waals surface area contributed by atoms with E-state index in [1.807, 2.05) is 6.07 Å². The van der Waals surface area contributed by atoms with E-state index in [1.165, 1.54) is 10.6 Å². The second-order valence-electron chi connectivity index (χ2n) is 6.81. The van der Waals surface area contributed by atoms with Gasteiger partial charge in [-0.3, -0.25) is 14.0 Å². The van der Waals surface area contributed by atoms with E-state index < -0.39 is 0 Å². The Labute approximate surface area is 140 Å². The number of rotatable bonds is 1. The first-order chi connectivity index (χ1) is 11.7. The van der Waals surface area contributed by atoms with E-state index >= 15 is 0 Å². The molecule has 0 N–H and O–H groups in total. The predicted molar refractivity (Wildman–Crippen MR) is 89.1 cm³/mol. The van der Waals surface area contributed by atoms with Gasteiger partial charge in [-0.1, -0.05) is 6.07 Å². The highest BCUT2D eigenvalue weighted by Crippen LogP contribution is 2.40. The average Bonchev–Trinajstić information content (AvgIpc) is 2.63. The van der Waals surface area contributed by atoms with Gasteiger partial charge < -0.3 is 9.64 Å². The van der Waals surface area contributed by atoms with Crippen LogP contribution in [0.2, 0.25) is 0 Å². The Bertz CT molecular complexity index is 814. The summed E-state index contributed by atoms with van der Waals surface area (Å²) in [4.78, 5) is 31.4. The number of pyridine rings is 1. The molecule has 1 spiro atoms. The van der Waals surface area contributed by atoms with Crippen molar-refractivity contribution in [3.63, 3.8) is 0 Å². The number of hydrogen-bond acceptors (Lipinski definition) is 4. The molecule has 6 nitrogen and oxygen atoms in total. The highest BCUT2D eigenvalue weighted by molar-refractivity contribution is 5.93. The maximum absolute atomic E-state index is 12.8. The van der Waals surface area contributed by atoms with E-state index in [1.54, 1.807) is 23.2 Å². The van der Waals surface area contributed by atoms with Crippen LogP contribution in [0.4, 0.5) is 0 Å². The Kier molecular flexibility index (Phi) is 3.84. The smallest absolute Gasteiger partial charge is 0.270 e. The highest BCUT2D eigenvalue weighted by atomic mass is 16.5. The molecule has 4 rings (SSSR count). The quantitative estimate of drug-likeness (QED) is 0.800. The Morgan fingerprint density at radius 2 is 1.88 bits per heavy atom. The molecule has 2 aromatic rings. The zero-order valence-corrected chi connectivity index (χ0v) is 13.6. The molecule has 0 aromatic carbocycles. The van der Waals surface area contributed by atoms with Crippen LogP contribution in [0.5, 0.6) is 0 Å². The van der Waals surface area contributed by atoms with Crippen molar-refractivity contribution in [1.82, 2.24) is 14.3 Å². The summed E-state index contributed by atoms with van der Waals surface area (Å²) < 4.78 is 6.89. The maximum Gasteiger partial charge on any atom is 0.270 e. The second-order valence-corrected chi connectivity index (χ2v) is 6.81.